The summed E-state index contributed by atoms with van der Waals surface area (Å²) in [5.41, 5.74) is -0.818. The number of carboxylic acids is 1. The molecule has 0 bridgehead atoms. The van der Waals surface area contributed by atoms with E-state index in [1.165, 1.54) is 18.2 Å². The zero-order chi connectivity index (χ0) is 13.1. The van der Waals surface area contributed by atoms with Crippen LogP contribution in [0.1, 0.15) is 21.0 Å². The maximum atomic E-state index is 13.2. The number of carbonyl (C=O) groups is 2. The number of para-hydroxylation sites is 1. The Balaban J connectivity index is 2.25. The van der Waals surface area contributed by atoms with Crippen LogP contribution in [0.15, 0.2) is 30.6 Å². The Morgan fingerprint density at radius 1 is 1.33 bits per heavy atom. The van der Waals surface area contributed by atoms with Gasteiger partial charge in [-0.15, -0.1) is 0 Å². The number of aromatic nitrogens is 2. The molecule has 0 fully saturated rings. The highest BCUT2D eigenvalue weighted by Crippen LogP contribution is 2.17. The average Bonchev–Trinajstić information content (AvgIpc) is 2.81. The Labute approximate surface area is 100 Å². The zero-order valence-electron chi connectivity index (χ0n) is 8.88. The number of imidazole rings is 1. The summed E-state index contributed by atoms with van der Waals surface area (Å²) in [6.45, 7) is 0. The van der Waals surface area contributed by atoms with Crippen LogP contribution in [-0.2, 0) is 0 Å². The van der Waals surface area contributed by atoms with Gasteiger partial charge in [-0.1, -0.05) is 12.1 Å². The Kier molecular flexibility index (Phi) is 3.05. The van der Waals surface area contributed by atoms with Gasteiger partial charge in [0.1, 0.15) is 0 Å². The summed E-state index contributed by atoms with van der Waals surface area (Å²) in [6.07, 6.45) is 1.04. The molecule has 0 atom stereocenters. The number of carboxylic acid groups (broad SMARTS) is 1. The van der Waals surface area contributed by atoms with Crippen molar-refractivity contribution in [1.29, 1.82) is 0 Å². The summed E-state index contributed by atoms with van der Waals surface area (Å²) in [5, 5.41) is 8.76. The number of ether oxygens (including phenoxy) is 1. The largest absolute Gasteiger partial charge is 0.476 e. The molecular formula is C11H7FN2O4. The monoisotopic (exact) mass is 250 g/mol. The SMILES string of the molecule is O=C(O)c1nc[nH]c1C(=O)Oc1ccccc1F. The van der Waals surface area contributed by atoms with Crippen molar-refractivity contribution in [2.75, 3.05) is 0 Å². The molecule has 0 unspecified atom stereocenters. The number of benzene rings is 1. The highest BCUT2D eigenvalue weighted by atomic mass is 19.1. The lowest BCUT2D eigenvalue weighted by atomic mass is 10.3. The smallest absolute Gasteiger partial charge is 0.362 e. The molecule has 18 heavy (non-hydrogen) atoms. The van der Waals surface area contributed by atoms with Crippen LogP contribution in [0.4, 0.5) is 4.39 Å². The molecule has 92 valence electrons. The van der Waals surface area contributed by atoms with Crippen LogP contribution >= 0.6 is 0 Å². The molecule has 1 aromatic heterocycles. The van der Waals surface area contributed by atoms with Gasteiger partial charge >= 0.3 is 11.9 Å². The van der Waals surface area contributed by atoms with Gasteiger partial charge in [-0.05, 0) is 12.1 Å². The van der Waals surface area contributed by atoms with Crippen LogP contribution in [0.5, 0.6) is 5.75 Å². The van der Waals surface area contributed by atoms with Gasteiger partial charge < -0.3 is 14.8 Å². The minimum Gasteiger partial charge on any atom is -0.476 e. The Morgan fingerprint density at radius 2 is 2.06 bits per heavy atom. The molecule has 0 aliphatic rings. The highest BCUT2D eigenvalue weighted by Gasteiger charge is 2.22. The first-order chi connectivity index (χ1) is 8.59. The van der Waals surface area contributed by atoms with E-state index in [1.807, 2.05) is 0 Å². The molecule has 1 heterocycles. The van der Waals surface area contributed by atoms with Crippen molar-refractivity contribution in [3.63, 3.8) is 0 Å². The van der Waals surface area contributed by atoms with E-state index in [2.05, 4.69) is 9.97 Å². The van der Waals surface area contributed by atoms with Gasteiger partial charge in [-0.2, -0.15) is 0 Å². The molecule has 0 aliphatic carbocycles. The maximum Gasteiger partial charge on any atom is 0.362 e. The number of aromatic amines is 1. The third kappa shape index (κ3) is 2.19. The van der Waals surface area contributed by atoms with Crippen LogP contribution in [0, 0.1) is 5.82 Å². The number of H-pyrrole nitrogens is 1. The second-order valence-electron chi connectivity index (χ2n) is 3.25. The highest BCUT2D eigenvalue weighted by molar-refractivity contribution is 6.00. The summed E-state index contributed by atoms with van der Waals surface area (Å²) in [6, 6.07) is 5.29. The van der Waals surface area contributed by atoms with Gasteiger partial charge in [0.05, 0.1) is 6.33 Å². The number of esters is 1. The van der Waals surface area contributed by atoms with E-state index >= 15 is 0 Å². The fraction of sp³-hybridized carbons (Fsp3) is 0. The minimum atomic E-state index is -1.38. The average molecular weight is 250 g/mol. The quantitative estimate of drug-likeness (QED) is 0.635. The van der Waals surface area contributed by atoms with Crippen molar-refractivity contribution < 1.29 is 23.8 Å². The number of aromatic carboxylic acids is 1. The molecule has 0 aliphatic heterocycles. The Hall–Kier alpha value is -2.70. The summed E-state index contributed by atoms with van der Waals surface area (Å²) >= 11 is 0. The van der Waals surface area contributed by atoms with Crippen molar-refractivity contribution in [2.24, 2.45) is 0 Å². The molecule has 2 rings (SSSR count). The third-order valence-corrected chi connectivity index (χ3v) is 2.09. The standard InChI is InChI=1S/C11H7FN2O4/c12-6-3-1-2-4-7(6)18-11(17)9-8(10(15)16)13-5-14-9/h1-5H,(H,13,14)(H,15,16). The number of halogens is 1. The molecule has 0 amide bonds. The van der Waals surface area contributed by atoms with Crippen molar-refractivity contribution in [2.45, 2.75) is 0 Å². The summed E-state index contributed by atoms with van der Waals surface area (Å²) in [7, 11) is 0. The fourth-order valence-electron chi connectivity index (χ4n) is 1.29. The normalized spacial score (nSPS) is 10.1. The van der Waals surface area contributed by atoms with Gasteiger partial charge in [0.2, 0.25) is 0 Å². The van der Waals surface area contributed by atoms with Crippen molar-refractivity contribution >= 4 is 11.9 Å². The molecule has 0 saturated heterocycles. The molecule has 6 nitrogen and oxygen atoms in total. The number of nitrogens with one attached hydrogen (secondary N) is 1. The van der Waals surface area contributed by atoms with Crippen LogP contribution in [0.25, 0.3) is 0 Å². The van der Waals surface area contributed by atoms with E-state index in [4.69, 9.17) is 9.84 Å². The topological polar surface area (TPSA) is 92.3 Å². The second-order valence-corrected chi connectivity index (χ2v) is 3.25. The lowest BCUT2D eigenvalue weighted by Crippen LogP contribution is -2.14. The molecule has 0 saturated carbocycles. The van der Waals surface area contributed by atoms with Crippen molar-refractivity contribution in [1.82, 2.24) is 9.97 Å². The molecule has 1 aromatic carbocycles. The van der Waals surface area contributed by atoms with Crippen LogP contribution in [0.2, 0.25) is 0 Å². The van der Waals surface area contributed by atoms with E-state index in [9.17, 15) is 14.0 Å². The predicted molar refractivity (Wildman–Crippen MR) is 56.9 cm³/mol. The number of carbonyl (C=O) groups excluding carboxylic acids is 1. The molecule has 2 aromatic rings. The lowest BCUT2D eigenvalue weighted by Gasteiger charge is -2.03. The number of hydrogen-bond donors (Lipinski definition) is 2. The van der Waals surface area contributed by atoms with Crippen LogP contribution in [-0.4, -0.2) is 27.0 Å². The molecule has 0 radical (unpaired) electrons. The number of rotatable bonds is 3. The molecule has 2 N–H and O–H groups in total. The molecular weight excluding hydrogens is 243 g/mol. The number of hydrogen-bond acceptors (Lipinski definition) is 4. The molecule has 0 spiro atoms. The van der Waals surface area contributed by atoms with E-state index in [-0.39, 0.29) is 11.4 Å². The first kappa shape index (κ1) is 11.8. The maximum absolute atomic E-state index is 13.2. The Bertz CT molecular complexity index is 609. The Morgan fingerprint density at radius 3 is 2.72 bits per heavy atom. The van der Waals surface area contributed by atoms with Gasteiger partial charge in [0.15, 0.2) is 23.0 Å². The summed E-state index contributed by atoms with van der Waals surface area (Å²) in [4.78, 5) is 28.2. The van der Waals surface area contributed by atoms with Crippen LogP contribution in [0.3, 0.4) is 0 Å². The van der Waals surface area contributed by atoms with Gasteiger partial charge in [0, 0.05) is 0 Å². The van der Waals surface area contributed by atoms with E-state index in [1.54, 1.807) is 0 Å². The molecule has 7 heteroatoms. The zero-order valence-corrected chi connectivity index (χ0v) is 8.88. The van der Waals surface area contributed by atoms with Gasteiger partial charge in [-0.3, -0.25) is 0 Å². The van der Waals surface area contributed by atoms with Crippen molar-refractivity contribution in [3.8, 4) is 5.75 Å². The van der Waals surface area contributed by atoms with Crippen LogP contribution < -0.4 is 4.74 Å². The number of nitrogens with zero attached hydrogens (tertiary/aromatic N) is 1. The van der Waals surface area contributed by atoms with Gasteiger partial charge in [0.25, 0.3) is 0 Å². The van der Waals surface area contributed by atoms with E-state index < -0.39 is 23.4 Å². The third-order valence-electron chi connectivity index (χ3n) is 2.09. The van der Waals surface area contributed by atoms with Crippen molar-refractivity contribution in [3.05, 3.63) is 47.8 Å². The van der Waals surface area contributed by atoms with Gasteiger partial charge in [-0.25, -0.2) is 19.0 Å². The first-order valence-corrected chi connectivity index (χ1v) is 4.83. The lowest BCUT2D eigenvalue weighted by molar-refractivity contribution is 0.0659. The van der Waals surface area contributed by atoms with E-state index in [0.717, 1.165) is 12.4 Å². The minimum absolute atomic E-state index is 0.284. The van der Waals surface area contributed by atoms with E-state index in [0.29, 0.717) is 0 Å². The second kappa shape index (κ2) is 4.66. The fourth-order valence-corrected chi connectivity index (χ4v) is 1.29. The first-order valence-electron chi connectivity index (χ1n) is 4.83. The predicted octanol–water partition coefficient (Wildman–Crippen LogP) is 1.47. The summed E-state index contributed by atoms with van der Waals surface area (Å²) < 4.78 is 18.0. The summed E-state index contributed by atoms with van der Waals surface area (Å²) in [5.74, 6) is -3.40.